The monoisotopic (exact) mass is 466 g/mol. The molecule has 1 aliphatic rings. The number of ether oxygens (including phenoxy) is 1. The van der Waals surface area contributed by atoms with Crippen LogP contribution in [0.4, 0.5) is 15.8 Å². The first-order valence-electron chi connectivity index (χ1n) is 11.0. The van der Waals surface area contributed by atoms with Crippen molar-refractivity contribution in [3.63, 3.8) is 0 Å². The Morgan fingerprint density at radius 2 is 1.80 bits per heavy atom. The Morgan fingerprint density at radius 3 is 2.63 bits per heavy atom. The standard InChI is InChI=1S/C27H19FN4O3/c1-35-15-10-11-23-18(12-15)25(27(34)32(23)24-9-5-3-7-19(24)28)31-26(33)21-13-17-16-6-2-4-8-20(16)30-22(17)14-29-21/h2-14,25,30H,1H3,(H,31,33). The van der Waals surface area contributed by atoms with E-state index in [-0.39, 0.29) is 11.4 Å². The normalized spacial score (nSPS) is 15.0. The topological polar surface area (TPSA) is 87.3 Å². The largest absolute Gasteiger partial charge is 0.497 e. The predicted octanol–water partition coefficient (Wildman–Crippen LogP) is 5.01. The summed E-state index contributed by atoms with van der Waals surface area (Å²) in [5.41, 5.74) is 3.02. The summed E-state index contributed by atoms with van der Waals surface area (Å²) >= 11 is 0. The summed E-state index contributed by atoms with van der Waals surface area (Å²) in [6.45, 7) is 0. The summed E-state index contributed by atoms with van der Waals surface area (Å²) in [5.74, 6) is -1.01. The average Bonchev–Trinajstić information content (AvgIpc) is 3.38. The number of benzene rings is 3. The van der Waals surface area contributed by atoms with Crippen LogP contribution in [0.15, 0.2) is 79.0 Å². The van der Waals surface area contributed by atoms with Crippen LogP contribution in [0.2, 0.25) is 0 Å². The van der Waals surface area contributed by atoms with E-state index in [2.05, 4.69) is 15.3 Å². The van der Waals surface area contributed by atoms with Crippen molar-refractivity contribution < 1.29 is 18.7 Å². The van der Waals surface area contributed by atoms with Gasteiger partial charge in [0.2, 0.25) is 0 Å². The minimum absolute atomic E-state index is 0.110. The minimum Gasteiger partial charge on any atom is -0.497 e. The third-order valence-corrected chi connectivity index (χ3v) is 6.25. The fraction of sp³-hybridized carbons (Fsp3) is 0.0741. The molecular formula is C27H19FN4O3. The van der Waals surface area contributed by atoms with E-state index in [0.717, 1.165) is 21.8 Å². The number of nitrogens with zero attached hydrogens (tertiary/aromatic N) is 2. The highest BCUT2D eigenvalue weighted by Gasteiger charge is 2.40. The number of hydrogen-bond acceptors (Lipinski definition) is 4. The van der Waals surface area contributed by atoms with E-state index in [1.807, 2.05) is 24.3 Å². The molecule has 5 aromatic rings. The lowest BCUT2D eigenvalue weighted by molar-refractivity contribution is -0.119. The van der Waals surface area contributed by atoms with E-state index in [9.17, 15) is 14.0 Å². The van der Waals surface area contributed by atoms with Gasteiger partial charge in [-0.1, -0.05) is 30.3 Å². The lowest BCUT2D eigenvalue weighted by Gasteiger charge is -2.19. The molecule has 0 radical (unpaired) electrons. The molecular weight excluding hydrogens is 447 g/mol. The third-order valence-electron chi connectivity index (χ3n) is 6.25. The maximum atomic E-state index is 14.6. The molecule has 1 atom stereocenters. The van der Waals surface area contributed by atoms with Crippen LogP contribution in [-0.4, -0.2) is 28.9 Å². The lowest BCUT2D eigenvalue weighted by Crippen LogP contribution is -2.36. The van der Waals surface area contributed by atoms with Crippen LogP contribution in [0, 0.1) is 5.82 Å². The van der Waals surface area contributed by atoms with Crippen LogP contribution < -0.4 is 15.0 Å². The first-order chi connectivity index (χ1) is 17.0. The number of aromatic nitrogens is 2. The van der Waals surface area contributed by atoms with Gasteiger partial charge >= 0.3 is 0 Å². The van der Waals surface area contributed by atoms with E-state index in [4.69, 9.17) is 4.74 Å². The van der Waals surface area contributed by atoms with Crippen LogP contribution in [0.3, 0.4) is 0 Å². The molecule has 3 aromatic carbocycles. The molecule has 0 bridgehead atoms. The SMILES string of the molecule is COc1ccc2c(c1)C(NC(=O)c1cc3c(cn1)[nH]c1ccccc13)C(=O)N2c1ccccc1F. The number of fused-ring (bicyclic) bond motifs is 4. The van der Waals surface area contributed by atoms with Gasteiger partial charge in [0, 0.05) is 21.9 Å². The van der Waals surface area contributed by atoms with Crippen LogP contribution in [0.25, 0.3) is 21.8 Å². The molecule has 35 heavy (non-hydrogen) atoms. The number of anilines is 2. The molecule has 0 aliphatic carbocycles. The van der Waals surface area contributed by atoms with Crippen LogP contribution in [0.1, 0.15) is 22.1 Å². The number of H-pyrrole nitrogens is 1. The van der Waals surface area contributed by atoms with E-state index >= 15 is 0 Å². The highest BCUT2D eigenvalue weighted by Crippen LogP contribution is 2.43. The minimum atomic E-state index is -1.03. The van der Waals surface area contributed by atoms with Crippen molar-refractivity contribution >= 4 is 45.0 Å². The lowest BCUT2D eigenvalue weighted by atomic mass is 10.1. The average molecular weight is 466 g/mol. The zero-order valence-electron chi connectivity index (χ0n) is 18.6. The number of halogens is 1. The van der Waals surface area contributed by atoms with E-state index in [1.165, 1.54) is 24.1 Å². The Labute approximate surface area is 199 Å². The fourth-order valence-corrected chi connectivity index (χ4v) is 4.58. The Hall–Kier alpha value is -4.72. The molecule has 0 spiro atoms. The first-order valence-corrected chi connectivity index (χ1v) is 11.0. The summed E-state index contributed by atoms with van der Waals surface area (Å²) < 4.78 is 20.0. The van der Waals surface area contributed by atoms with E-state index in [1.54, 1.807) is 42.6 Å². The molecule has 0 fully saturated rings. The second-order valence-corrected chi connectivity index (χ2v) is 8.24. The first kappa shape index (κ1) is 20.9. The highest BCUT2D eigenvalue weighted by atomic mass is 19.1. The van der Waals surface area contributed by atoms with Crippen molar-refractivity contribution in [2.45, 2.75) is 6.04 Å². The van der Waals surface area contributed by atoms with Crippen molar-refractivity contribution in [2.75, 3.05) is 12.0 Å². The van der Waals surface area contributed by atoms with Gasteiger partial charge in [-0.25, -0.2) is 9.37 Å². The molecule has 8 heteroatoms. The number of para-hydroxylation sites is 2. The molecule has 172 valence electrons. The maximum absolute atomic E-state index is 14.6. The van der Waals surface area contributed by atoms with E-state index < -0.39 is 23.7 Å². The number of aromatic amines is 1. The van der Waals surface area contributed by atoms with Gasteiger partial charge in [-0.3, -0.25) is 14.5 Å². The number of rotatable bonds is 4. The zero-order valence-corrected chi connectivity index (χ0v) is 18.6. The van der Waals surface area contributed by atoms with Gasteiger partial charge < -0.3 is 15.0 Å². The quantitative estimate of drug-likeness (QED) is 0.390. The highest BCUT2D eigenvalue weighted by molar-refractivity contribution is 6.13. The van der Waals surface area contributed by atoms with Gasteiger partial charge in [0.15, 0.2) is 0 Å². The second-order valence-electron chi connectivity index (χ2n) is 8.24. The smallest absolute Gasteiger partial charge is 0.270 e. The molecule has 2 aromatic heterocycles. The van der Waals surface area contributed by atoms with Crippen molar-refractivity contribution in [3.8, 4) is 5.75 Å². The van der Waals surface area contributed by atoms with Gasteiger partial charge in [-0.05, 0) is 42.5 Å². The number of nitrogens with one attached hydrogen (secondary N) is 2. The predicted molar refractivity (Wildman–Crippen MR) is 130 cm³/mol. The van der Waals surface area contributed by atoms with Crippen molar-refractivity contribution in [1.29, 1.82) is 0 Å². The second kappa shape index (κ2) is 7.95. The Balaban J connectivity index is 1.39. The number of pyridine rings is 1. The summed E-state index contributed by atoms with van der Waals surface area (Å²) in [4.78, 5) is 35.6. The molecule has 0 saturated heterocycles. The van der Waals surface area contributed by atoms with Crippen molar-refractivity contribution in [1.82, 2.24) is 15.3 Å². The number of carbonyl (C=O) groups excluding carboxylic acids is 2. The van der Waals surface area contributed by atoms with Crippen molar-refractivity contribution in [3.05, 3.63) is 96.1 Å². The molecule has 2 amide bonds. The van der Waals surface area contributed by atoms with Crippen LogP contribution in [0.5, 0.6) is 5.75 Å². The van der Waals surface area contributed by atoms with Gasteiger partial charge in [0.25, 0.3) is 11.8 Å². The Kier molecular flexibility index (Phi) is 4.74. The molecule has 3 heterocycles. The van der Waals surface area contributed by atoms with Gasteiger partial charge in [0.1, 0.15) is 23.3 Å². The Bertz CT molecular complexity index is 1640. The maximum Gasteiger partial charge on any atom is 0.270 e. The molecule has 1 unspecified atom stereocenters. The molecule has 0 saturated carbocycles. The van der Waals surface area contributed by atoms with Gasteiger partial charge in [-0.2, -0.15) is 0 Å². The van der Waals surface area contributed by atoms with E-state index in [0.29, 0.717) is 17.0 Å². The fourth-order valence-electron chi connectivity index (χ4n) is 4.58. The summed E-state index contributed by atoms with van der Waals surface area (Å²) in [6.07, 6.45) is 1.60. The molecule has 7 nitrogen and oxygen atoms in total. The number of methoxy groups -OCH3 is 1. The summed E-state index contributed by atoms with van der Waals surface area (Å²) in [5, 5.41) is 4.62. The molecule has 1 aliphatic heterocycles. The molecule has 6 rings (SSSR count). The van der Waals surface area contributed by atoms with Gasteiger partial charge in [-0.15, -0.1) is 0 Å². The van der Waals surface area contributed by atoms with Crippen LogP contribution >= 0.6 is 0 Å². The third kappa shape index (κ3) is 3.30. The van der Waals surface area contributed by atoms with Gasteiger partial charge in [0.05, 0.1) is 30.2 Å². The number of hydrogen-bond donors (Lipinski definition) is 2. The zero-order chi connectivity index (χ0) is 24.1. The summed E-state index contributed by atoms with van der Waals surface area (Å²) in [7, 11) is 1.51. The van der Waals surface area contributed by atoms with Crippen molar-refractivity contribution in [2.24, 2.45) is 0 Å². The van der Waals surface area contributed by atoms with Crippen LogP contribution in [-0.2, 0) is 4.79 Å². The molecule has 2 N–H and O–H groups in total. The summed E-state index contributed by atoms with van der Waals surface area (Å²) in [6, 6.07) is 19.5. The number of amides is 2. The number of carbonyl (C=O) groups is 2. The Morgan fingerprint density at radius 1 is 1.00 bits per heavy atom.